The van der Waals surface area contributed by atoms with Gasteiger partial charge in [0.1, 0.15) is 17.2 Å². The minimum absolute atomic E-state index is 0.290. The van der Waals surface area contributed by atoms with Crippen molar-refractivity contribution in [2.45, 2.75) is 13.8 Å². The summed E-state index contributed by atoms with van der Waals surface area (Å²) in [5.41, 5.74) is 3.22. The van der Waals surface area contributed by atoms with Gasteiger partial charge in [-0.3, -0.25) is 10.1 Å². The number of amides is 1. The molecule has 0 spiro atoms. The van der Waals surface area contributed by atoms with E-state index >= 15 is 0 Å². The Balaban J connectivity index is 1.87. The molecule has 0 aliphatic rings. The Bertz CT molecular complexity index is 901. The minimum Gasteiger partial charge on any atom is -0.298 e. The number of thiazole rings is 1. The first-order valence-corrected chi connectivity index (χ1v) is 8.12. The molecule has 0 aliphatic heterocycles. The lowest BCUT2D eigenvalue weighted by molar-refractivity contribution is 0.101. The maximum absolute atomic E-state index is 13.7. The average Bonchev–Trinajstić information content (AvgIpc) is 2.97. The molecule has 0 atom stereocenters. The first kappa shape index (κ1) is 16.3. The molecule has 1 N–H and O–H groups in total. The smallest absolute Gasteiger partial charge is 0.263 e. The SMILES string of the molecule is Cc1ccc(C)c(-c2csc(NC(=O)c3c(F)cccc3F)n2)c1. The van der Waals surface area contributed by atoms with E-state index in [0.717, 1.165) is 28.8 Å². The number of anilines is 1. The predicted octanol–water partition coefficient (Wildman–Crippen LogP) is 4.96. The zero-order valence-corrected chi connectivity index (χ0v) is 13.9. The normalized spacial score (nSPS) is 10.7. The van der Waals surface area contributed by atoms with Crippen LogP contribution in [-0.4, -0.2) is 10.9 Å². The number of benzene rings is 2. The van der Waals surface area contributed by atoms with Gasteiger partial charge in [-0.2, -0.15) is 0 Å². The van der Waals surface area contributed by atoms with Gasteiger partial charge in [-0.1, -0.05) is 23.8 Å². The maximum Gasteiger partial charge on any atom is 0.263 e. The van der Waals surface area contributed by atoms with Crippen molar-refractivity contribution < 1.29 is 13.6 Å². The van der Waals surface area contributed by atoms with Crippen molar-refractivity contribution in [2.75, 3.05) is 5.32 Å². The highest BCUT2D eigenvalue weighted by Crippen LogP contribution is 2.28. The molecule has 1 amide bonds. The fraction of sp³-hybridized carbons (Fsp3) is 0.111. The van der Waals surface area contributed by atoms with Crippen LogP contribution in [0.3, 0.4) is 0 Å². The summed E-state index contributed by atoms with van der Waals surface area (Å²) in [6.07, 6.45) is 0. The molecule has 0 unspecified atom stereocenters. The number of hydrogen-bond acceptors (Lipinski definition) is 3. The maximum atomic E-state index is 13.7. The van der Waals surface area contributed by atoms with Crippen molar-refractivity contribution in [1.82, 2.24) is 4.98 Å². The summed E-state index contributed by atoms with van der Waals surface area (Å²) in [6, 6.07) is 9.31. The third kappa shape index (κ3) is 3.19. The average molecular weight is 344 g/mol. The molecule has 3 nitrogen and oxygen atoms in total. The third-order valence-electron chi connectivity index (χ3n) is 3.58. The van der Waals surface area contributed by atoms with E-state index in [1.807, 2.05) is 32.0 Å². The van der Waals surface area contributed by atoms with Crippen molar-refractivity contribution in [3.8, 4) is 11.3 Å². The summed E-state index contributed by atoms with van der Waals surface area (Å²) < 4.78 is 27.3. The lowest BCUT2D eigenvalue weighted by Gasteiger charge is -2.05. The zero-order valence-electron chi connectivity index (χ0n) is 13.1. The molecular weight excluding hydrogens is 330 g/mol. The van der Waals surface area contributed by atoms with Gasteiger partial charge >= 0.3 is 0 Å². The number of nitrogens with zero attached hydrogens (tertiary/aromatic N) is 1. The molecule has 3 aromatic rings. The molecule has 1 aromatic heterocycles. The van der Waals surface area contributed by atoms with Crippen LogP contribution in [0.2, 0.25) is 0 Å². The number of rotatable bonds is 3. The number of hydrogen-bond donors (Lipinski definition) is 1. The number of aromatic nitrogens is 1. The van der Waals surface area contributed by atoms with E-state index in [1.165, 1.54) is 17.4 Å². The first-order valence-electron chi connectivity index (χ1n) is 7.24. The van der Waals surface area contributed by atoms with Crippen LogP contribution in [0.4, 0.5) is 13.9 Å². The number of carbonyl (C=O) groups excluding carboxylic acids is 1. The molecule has 0 fully saturated rings. The zero-order chi connectivity index (χ0) is 17.3. The van der Waals surface area contributed by atoms with Crippen molar-refractivity contribution in [1.29, 1.82) is 0 Å². The summed E-state index contributed by atoms with van der Waals surface area (Å²) in [7, 11) is 0. The minimum atomic E-state index is -0.904. The Labute approximate surface area is 142 Å². The van der Waals surface area contributed by atoms with Gasteiger partial charge in [0.25, 0.3) is 5.91 Å². The van der Waals surface area contributed by atoms with Crippen LogP contribution in [0, 0.1) is 25.5 Å². The number of carbonyl (C=O) groups is 1. The quantitative estimate of drug-likeness (QED) is 0.730. The largest absolute Gasteiger partial charge is 0.298 e. The molecular formula is C18H14F2N2OS. The second kappa shape index (κ2) is 6.49. The lowest BCUT2D eigenvalue weighted by atomic mass is 10.0. The molecule has 122 valence electrons. The summed E-state index contributed by atoms with van der Waals surface area (Å²) in [5.74, 6) is -2.66. The highest BCUT2D eigenvalue weighted by molar-refractivity contribution is 7.14. The van der Waals surface area contributed by atoms with E-state index in [0.29, 0.717) is 10.8 Å². The summed E-state index contributed by atoms with van der Waals surface area (Å²) >= 11 is 1.21. The number of halogens is 2. The van der Waals surface area contributed by atoms with Gasteiger partial charge in [-0.05, 0) is 37.6 Å². The molecule has 0 bridgehead atoms. The molecule has 24 heavy (non-hydrogen) atoms. The highest BCUT2D eigenvalue weighted by Gasteiger charge is 2.18. The molecule has 0 saturated carbocycles. The van der Waals surface area contributed by atoms with Crippen LogP contribution >= 0.6 is 11.3 Å². The van der Waals surface area contributed by atoms with E-state index in [-0.39, 0.29) is 0 Å². The van der Waals surface area contributed by atoms with E-state index < -0.39 is 23.1 Å². The third-order valence-corrected chi connectivity index (χ3v) is 4.34. The van der Waals surface area contributed by atoms with E-state index in [1.54, 1.807) is 5.38 Å². The second-order valence-corrected chi connectivity index (χ2v) is 6.27. The fourth-order valence-corrected chi connectivity index (χ4v) is 3.05. The van der Waals surface area contributed by atoms with Crippen molar-refractivity contribution in [2.24, 2.45) is 0 Å². The second-order valence-electron chi connectivity index (χ2n) is 5.41. The summed E-state index contributed by atoms with van der Waals surface area (Å²) in [5, 5.41) is 4.54. The first-order chi connectivity index (χ1) is 11.5. The number of nitrogens with one attached hydrogen (secondary N) is 1. The fourth-order valence-electron chi connectivity index (χ4n) is 2.34. The van der Waals surface area contributed by atoms with Gasteiger partial charge < -0.3 is 0 Å². The van der Waals surface area contributed by atoms with Crippen LogP contribution in [0.25, 0.3) is 11.3 Å². The van der Waals surface area contributed by atoms with Gasteiger partial charge in [-0.25, -0.2) is 13.8 Å². The Hall–Kier alpha value is -2.60. The molecule has 1 heterocycles. The Morgan fingerprint density at radius 2 is 1.83 bits per heavy atom. The molecule has 3 rings (SSSR count). The predicted molar refractivity (Wildman–Crippen MR) is 91.3 cm³/mol. The van der Waals surface area contributed by atoms with Gasteiger partial charge in [0.2, 0.25) is 0 Å². The summed E-state index contributed by atoms with van der Waals surface area (Å²) in [4.78, 5) is 16.4. The standard InChI is InChI=1S/C18H14F2N2OS/c1-10-6-7-11(2)12(8-10)15-9-24-18(21-15)22-17(23)16-13(19)4-3-5-14(16)20/h3-9H,1-2H3,(H,21,22,23). The van der Waals surface area contributed by atoms with Gasteiger partial charge in [0.15, 0.2) is 5.13 Å². The van der Waals surface area contributed by atoms with Crippen LogP contribution in [0.1, 0.15) is 21.5 Å². The Morgan fingerprint density at radius 1 is 1.12 bits per heavy atom. The van der Waals surface area contributed by atoms with Crippen molar-refractivity contribution in [3.63, 3.8) is 0 Å². The van der Waals surface area contributed by atoms with Crippen LogP contribution in [0.15, 0.2) is 41.8 Å². The van der Waals surface area contributed by atoms with Crippen LogP contribution < -0.4 is 5.32 Å². The van der Waals surface area contributed by atoms with Crippen LogP contribution in [-0.2, 0) is 0 Å². The molecule has 2 aromatic carbocycles. The Morgan fingerprint density at radius 3 is 2.54 bits per heavy atom. The van der Waals surface area contributed by atoms with E-state index in [2.05, 4.69) is 10.3 Å². The molecule has 0 aliphatic carbocycles. The monoisotopic (exact) mass is 344 g/mol. The molecule has 0 radical (unpaired) electrons. The molecule has 0 saturated heterocycles. The van der Waals surface area contributed by atoms with Crippen LogP contribution in [0.5, 0.6) is 0 Å². The van der Waals surface area contributed by atoms with Crippen molar-refractivity contribution >= 4 is 22.4 Å². The molecule has 6 heteroatoms. The van der Waals surface area contributed by atoms with E-state index in [9.17, 15) is 13.6 Å². The van der Waals surface area contributed by atoms with Gasteiger partial charge in [0, 0.05) is 10.9 Å². The van der Waals surface area contributed by atoms with Gasteiger partial charge in [0.05, 0.1) is 5.69 Å². The lowest BCUT2D eigenvalue weighted by Crippen LogP contribution is -2.15. The van der Waals surface area contributed by atoms with E-state index in [4.69, 9.17) is 0 Å². The topological polar surface area (TPSA) is 42.0 Å². The summed E-state index contributed by atoms with van der Waals surface area (Å²) in [6.45, 7) is 3.96. The highest BCUT2D eigenvalue weighted by atomic mass is 32.1. The van der Waals surface area contributed by atoms with Gasteiger partial charge in [-0.15, -0.1) is 11.3 Å². The number of aryl methyl sites for hydroxylation is 2. The van der Waals surface area contributed by atoms with Crippen molar-refractivity contribution in [3.05, 3.63) is 70.1 Å². The Kier molecular flexibility index (Phi) is 4.40.